The van der Waals surface area contributed by atoms with Crippen molar-refractivity contribution in [1.29, 1.82) is 5.26 Å². The SMILES string of the molecule is C=C1CN2CCCC2(COc2nc(N3C[C@H]4CC[C@@H](C3)N4C(=O)OC(C)(C)C)c3cc(Cl)c(-c4ccc(F)c5sc(NC(=O)OC(C)(C)C)c(C#N)c45)c(F)c3n2)C1. The molecule has 0 radical (unpaired) electrons. The van der Waals surface area contributed by atoms with Crippen molar-refractivity contribution in [2.24, 2.45) is 0 Å². The van der Waals surface area contributed by atoms with Crippen molar-refractivity contribution in [3.05, 3.63) is 52.6 Å². The number of nitrogens with one attached hydrogen (secondary N) is 1. The number of benzene rings is 2. The lowest BCUT2D eigenvalue weighted by Gasteiger charge is -2.42. The zero-order valence-corrected chi connectivity index (χ0v) is 35.0. The summed E-state index contributed by atoms with van der Waals surface area (Å²) in [6.45, 7) is 17.7. The summed E-state index contributed by atoms with van der Waals surface area (Å²) in [5, 5.41) is 13.4. The Morgan fingerprint density at radius 3 is 2.48 bits per heavy atom. The van der Waals surface area contributed by atoms with Crippen LogP contribution in [0.1, 0.15) is 79.2 Å². The van der Waals surface area contributed by atoms with Crippen molar-refractivity contribution in [3.8, 4) is 23.2 Å². The smallest absolute Gasteiger partial charge is 0.412 e. The molecule has 12 nitrogen and oxygen atoms in total. The number of aromatic nitrogens is 2. The molecule has 4 aliphatic rings. The first kappa shape index (κ1) is 40.0. The number of hydrogen-bond donors (Lipinski definition) is 1. The molecule has 0 spiro atoms. The van der Waals surface area contributed by atoms with Gasteiger partial charge in [-0.15, -0.1) is 11.3 Å². The van der Waals surface area contributed by atoms with Crippen molar-refractivity contribution in [3.63, 3.8) is 0 Å². The van der Waals surface area contributed by atoms with Crippen LogP contribution in [0, 0.1) is 23.0 Å². The van der Waals surface area contributed by atoms with Gasteiger partial charge in [0, 0.05) is 36.0 Å². The van der Waals surface area contributed by atoms with Crippen molar-refractivity contribution in [2.75, 3.05) is 43.0 Å². The number of rotatable bonds is 6. The van der Waals surface area contributed by atoms with E-state index >= 15 is 8.78 Å². The number of ether oxygens (including phenoxy) is 3. The zero-order chi connectivity index (χ0) is 41.5. The normalized spacial score (nSPS) is 22.1. The molecule has 16 heteroatoms. The molecule has 6 heterocycles. The van der Waals surface area contributed by atoms with E-state index in [2.05, 4.69) is 27.8 Å². The molecule has 2 amide bonds. The molecule has 58 heavy (non-hydrogen) atoms. The molecule has 0 aliphatic carbocycles. The molecule has 2 aromatic carbocycles. The molecule has 4 saturated heterocycles. The van der Waals surface area contributed by atoms with E-state index in [-0.39, 0.29) is 78.7 Å². The van der Waals surface area contributed by atoms with Gasteiger partial charge in [-0.25, -0.2) is 18.4 Å². The van der Waals surface area contributed by atoms with E-state index in [0.29, 0.717) is 24.3 Å². The van der Waals surface area contributed by atoms with Crippen LogP contribution in [-0.2, 0) is 9.47 Å². The average molecular weight is 834 g/mol. The second-order valence-corrected chi connectivity index (χ2v) is 19.2. The number of nitriles is 1. The Morgan fingerprint density at radius 2 is 1.81 bits per heavy atom. The molecular weight excluding hydrogens is 788 g/mol. The molecule has 2 aromatic heterocycles. The fraction of sp³-hybridized carbons (Fsp3) is 0.500. The van der Waals surface area contributed by atoms with E-state index in [4.69, 9.17) is 30.8 Å². The lowest BCUT2D eigenvalue weighted by molar-refractivity contribution is 0.0122. The summed E-state index contributed by atoms with van der Waals surface area (Å²) < 4.78 is 50.6. The Kier molecular flexibility index (Phi) is 10.0. The molecule has 1 unspecified atom stereocenters. The van der Waals surface area contributed by atoms with E-state index in [1.807, 2.05) is 30.6 Å². The third kappa shape index (κ3) is 7.28. The molecule has 306 valence electrons. The van der Waals surface area contributed by atoms with Crippen LogP contribution in [0.25, 0.3) is 32.1 Å². The maximum Gasteiger partial charge on any atom is 0.412 e. The Hall–Kier alpha value is -4.78. The minimum absolute atomic E-state index is 0.0170. The lowest BCUT2D eigenvalue weighted by atomic mass is 9.94. The second-order valence-electron chi connectivity index (χ2n) is 17.8. The summed E-state index contributed by atoms with van der Waals surface area (Å²) >= 11 is 7.86. The van der Waals surface area contributed by atoms with Gasteiger partial charge in [-0.3, -0.25) is 15.1 Å². The Balaban J connectivity index is 1.24. The van der Waals surface area contributed by atoms with Crippen LogP contribution < -0.4 is 15.0 Å². The quantitative estimate of drug-likeness (QED) is 0.187. The fourth-order valence-corrected chi connectivity index (χ4v) is 10.4. The summed E-state index contributed by atoms with van der Waals surface area (Å²) in [7, 11) is 0. The molecule has 4 aliphatic heterocycles. The van der Waals surface area contributed by atoms with Crippen LogP contribution >= 0.6 is 22.9 Å². The van der Waals surface area contributed by atoms with E-state index in [1.54, 1.807) is 26.8 Å². The van der Waals surface area contributed by atoms with E-state index < -0.39 is 28.9 Å². The maximum absolute atomic E-state index is 17.5. The first-order valence-electron chi connectivity index (χ1n) is 19.5. The van der Waals surface area contributed by atoms with Crippen LogP contribution in [0.15, 0.2) is 30.4 Å². The van der Waals surface area contributed by atoms with Gasteiger partial charge in [-0.1, -0.05) is 29.8 Å². The first-order valence-corrected chi connectivity index (χ1v) is 20.7. The van der Waals surface area contributed by atoms with Gasteiger partial charge in [0.15, 0.2) is 5.82 Å². The molecule has 4 fully saturated rings. The molecule has 8 rings (SSSR count). The summed E-state index contributed by atoms with van der Waals surface area (Å²) in [4.78, 5) is 41.9. The van der Waals surface area contributed by atoms with Gasteiger partial charge in [0.2, 0.25) is 0 Å². The van der Waals surface area contributed by atoms with Crippen LogP contribution in [0.3, 0.4) is 0 Å². The average Bonchev–Trinajstić information content (AvgIpc) is 3.84. The molecule has 4 aromatic rings. The molecule has 3 atom stereocenters. The zero-order valence-electron chi connectivity index (χ0n) is 33.4. The van der Waals surface area contributed by atoms with Gasteiger partial charge in [-0.2, -0.15) is 15.2 Å². The molecule has 0 saturated carbocycles. The number of carbonyl (C=O) groups is 2. The molecule has 2 bridgehead atoms. The number of thiophene rings is 1. The van der Waals surface area contributed by atoms with Crippen LogP contribution in [-0.4, -0.2) is 93.6 Å². The van der Waals surface area contributed by atoms with Crippen molar-refractivity contribution in [2.45, 2.75) is 102 Å². The number of fused-ring (bicyclic) bond motifs is 5. The Bertz CT molecular complexity index is 2410. The highest BCUT2D eigenvalue weighted by atomic mass is 35.5. The number of hydrogen-bond acceptors (Lipinski definition) is 11. The summed E-state index contributed by atoms with van der Waals surface area (Å²) in [5.41, 5.74) is -0.712. The monoisotopic (exact) mass is 833 g/mol. The summed E-state index contributed by atoms with van der Waals surface area (Å²) in [6.07, 6.45) is 3.06. The number of carbonyl (C=O) groups excluding carboxylic acids is 2. The van der Waals surface area contributed by atoms with Gasteiger partial charge in [0.25, 0.3) is 0 Å². The van der Waals surface area contributed by atoms with E-state index in [0.717, 1.165) is 62.1 Å². The third-order valence-electron chi connectivity index (χ3n) is 11.2. The fourth-order valence-electron chi connectivity index (χ4n) is 9.02. The standard InChI is InChI=1S/C42H46ClF2N7O5S/c1-22-16-42(13-8-14-51(42)18-22)21-55-37-47-33-26(35(48-37)50-19-23-9-10-24(20-50)52(23)39(54)57-41(5,6)7)15-28(43)31(32(33)45)25-11-12-29(44)34-30(25)27(17-46)36(58-34)49-38(53)56-40(2,3)4/h11-12,15,23-24H,1,8-10,13-14,16,18-21H2,2-7H3,(H,49,53)/t23-,24+,42?. The number of nitrogens with zero attached hydrogens (tertiary/aromatic N) is 6. The van der Waals surface area contributed by atoms with Crippen molar-refractivity contribution >= 4 is 66.9 Å². The largest absolute Gasteiger partial charge is 0.461 e. The highest BCUT2D eigenvalue weighted by Gasteiger charge is 2.47. The van der Waals surface area contributed by atoms with Crippen LogP contribution in [0.4, 0.5) is 29.2 Å². The molecular formula is C42H46ClF2N7O5S. The van der Waals surface area contributed by atoms with E-state index in [9.17, 15) is 14.9 Å². The third-order valence-corrected chi connectivity index (χ3v) is 12.6. The van der Waals surface area contributed by atoms with Gasteiger partial charge in [0.05, 0.1) is 32.9 Å². The van der Waals surface area contributed by atoms with E-state index in [1.165, 1.54) is 12.1 Å². The number of halogens is 3. The van der Waals surface area contributed by atoms with Gasteiger partial charge < -0.3 is 19.1 Å². The second kappa shape index (κ2) is 14.5. The minimum atomic E-state index is -0.831. The van der Waals surface area contributed by atoms with Gasteiger partial charge >= 0.3 is 18.2 Å². The van der Waals surface area contributed by atoms with Crippen LogP contribution in [0.5, 0.6) is 6.01 Å². The summed E-state index contributed by atoms with van der Waals surface area (Å²) in [6, 6.07) is 5.84. The Morgan fingerprint density at radius 1 is 1.10 bits per heavy atom. The summed E-state index contributed by atoms with van der Waals surface area (Å²) in [5.74, 6) is -1.07. The maximum atomic E-state index is 17.5. The van der Waals surface area contributed by atoms with Gasteiger partial charge in [0.1, 0.15) is 46.0 Å². The first-order chi connectivity index (χ1) is 27.3. The molecule has 1 N–H and O–H groups in total. The van der Waals surface area contributed by atoms with Crippen LogP contribution in [0.2, 0.25) is 5.02 Å². The number of amides is 2. The highest BCUT2D eigenvalue weighted by Crippen LogP contribution is 2.47. The van der Waals surface area contributed by atoms with Crippen molar-refractivity contribution < 1.29 is 32.6 Å². The van der Waals surface area contributed by atoms with Gasteiger partial charge in [-0.05, 0) is 97.9 Å². The number of anilines is 2. The predicted octanol–water partition coefficient (Wildman–Crippen LogP) is 9.42. The lowest BCUT2D eigenvalue weighted by Crippen LogP contribution is -2.57. The Labute approximate surface area is 344 Å². The minimum Gasteiger partial charge on any atom is -0.461 e. The predicted molar refractivity (Wildman–Crippen MR) is 220 cm³/mol. The van der Waals surface area contributed by atoms with Crippen molar-refractivity contribution in [1.82, 2.24) is 19.8 Å². The highest BCUT2D eigenvalue weighted by molar-refractivity contribution is 7.23. The number of piperazine rings is 1. The topological polar surface area (TPSA) is 133 Å².